The summed E-state index contributed by atoms with van der Waals surface area (Å²) >= 11 is 1.01. The third-order valence-corrected chi connectivity index (χ3v) is 6.56. The van der Waals surface area contributed by atoms with Crippen molar-refractivity contribution in [1.29, 1.82) is 0 Å². The van der Waals surface area contributed by atoms with E-state index in [4.69, 9.17) is 0 Å². The van der Waals surface area contributed by atoms with Crippen molar-refractivity contribution in [1.82, 2.24) is 25.0 Å². The van der Waals surface area contributed by atoms with E-state index in [9.17, 15) is 27.2 Å². The van der Waals surface area contributed by atoms with Crippen LogP contribution >= 0.6 is 11.3 Å². The maximum atomic E-state index is 14.8. The summed E-state index contributed by atoms with van der Waals surface area (Å²) in [5.74, 6) is -3.91. The van der Waals surface area contributed by atoms with Gasteiger partial charge in [0.2, 0.25) is 11.0 Å². The van der Waals surface area contributed by atoms with Gasteiger partial charge in [0.1, 0.15) is 5.82 Å². The molecule has 0 saturated carbocycles. The fraction of sp³-hybridized carbons (Fsp3) is 0.348. The van der Waals surface area contributed by atoms with Gasteiger partial charge >= 0.3 is 6.36 Å². The Morgan fingerprint density at radius 1 is 1.13 bits per heavy atom. The van der Waals surface area contributed by atoms with Crippen LogP contribution in [0.25, 0.3) is 10.6 Å². The number of anilines is 2. The first kappa shape index (κ1) is 27.3. The normalized spacial score (nSPS) is 14.8. The van der Waals surface area contributed by atoms with Crippen LogP contribution in [0.2, 0.25) is 0 Å². The smallest absolute Gasteiger partial charge is 0.403 e. The second-order valence-electron chi connectivity index (χ2n) is 8.56. The summed E-state index contributed by atoms with van der Waals surface area (Å²) in [6.45, 7) is 4.38. The van der Waals surface area contributed by atoms with Crippen molar-refractivity contribution in [3.63, 3.8) is 0 Å². The Hall–Kier alpha value is -3.69. The van der Waals surface area contributed by atoms with Gasteiger partial charge in [0, 0.05) is 50.2 Å². The number of alkyl halides is 3. The number of rotatable bonds is 7. The van der Waals surface area contributed by atoms with E-state index in [0.717, 1.165) is 36.1 Å². The Morgan fingerprint density at radius 3 is 2.55 bits per heavy atom. The first-order chi connectivity index (χ1) is 18.0. The van der Waals surface area contributed by atoms with E-state index in [-0.39, 0.29) is 11.7 Å². The number of benzene rings is 1. The van der Waals surface area contributed by atoms with Gasteiger partial charge in [-0.05, 0) is 31.7 Å². The molecule has 10 nitrogen and oxygen atoms in total. The third-order valence-electron chi connectivity index (χ3n) is 5.69. The van der Waals surface area contributed by atoms with Crippen LogP contribution in [0.4, 0.5) is 28.4 Å². The number of amides is 2. The highest BCUT2D eigenvalue weighted by atomic mass is 32.1. The number of carbonyl (C=O) groups is 2. The van der Waals surface area contributed by atoms with Crippen molar-refractivity contribution in [2.75, 3.05) is 50.4 Å². The number of hydrogen-bond donors (Lipinski definition) is 2. The standard InChI is InChI=1S/C23H23F4N7O3S/c1-13-3-4-28-11-15(13)21-31-32-22(38-21)30-20(36)14-9-17(18(10-16(14)24)37-23(25,26)27)29-19(35)12-34-7-5-33(2)6-8-34/h3-4,9-11H,5-8,12H2,1-2H3,(H,29,35)(H,30,32,36). The highest BCUT2D eigenvalue weighted by molar-refractivity contribution is 7.18. The molecule has 1 fully saturated rings. The quantitative estimate of drug-likeness (QED) is 0.429. The summed E-state index contributed by atoms with van der Waals surface area (Å²) in [6.07, 6.45) is -1.96. The lowest BCUT2D eigenvalue weighted by Gasteiger charge is -2.31. The summed E-state index contributed by atoms with van der Waals surface area (Å²) in [5, 5.41) is 13.1. The number of nitrogens with one attached hydrogen (secondary N) is 2. The molecule has 2 aromatic heterocycles. The van der Waals surface area contributed by atoms with Crippen molar-refractivity contribution in [3.8, 4) is 16.3 Å². The molecular weight excluding hydrogens is 530 g/mol. The van der Waals surface area contributed by atoms with Crippen molar-refractivity contribution in [2.24, 2.45) is 0 Å². The Kier molecular flexibility index (Phi) is 8.18. The Labute approximate surface area is 218 Å². The molecule has 0 aliphatic carbocycles. The largest absolute Gasteiger partial charge is 0.573 e. The molecular formula is C23H23F4N7O3S. The zero-order valence-electron chi connectivity index (χ0n) is 20.3. The van der Waals surface area contributed by atoms with Crippen LogP contribution in [0.1, 0.15) is 15.9 Å². The Morgan fingerprint density at radius 2 is 1.87 bits per heavy atom. The molecule has 0 bridgehead atoms. The highest BCUT2D eigenvalue weighted by Gasteiger charge is 2.33. The molecule has 0 atom stereocenters. The average molecular weight is 554 g/mol. The van der Waals surface area contributed by atoms with Gasteiger partial charge in [0.25, 0.3) is 5.91 Å². The van der Waals surface area contributed by atoms with E-state index in [1.54, 1.807) is 18.5 Å². The molecule has 38 heavy (non-hydrogen) atoms. The molecule has 1 aromatic carbocycles. The minimum absolute atomic E-state index is 0.0314. The van der Waals surface area contributed by atoms with Crippen molar-refractivity contribution in [2.45, 2.75) is 13.3 Å². The first-order valence-electron chi connectivity index (χ1n) is 11.3. The molecule has 0 unspecified atom stereocenters. The second kappa shape index (κ2) is 11.4. The molecule has 0 radical (unpaired) electrons. The van der Waals surface area contributed by atoms with E-state index in [0.29, 0.717) is 29.7 Å². The number of halogens is 4. The first-order valence-corrected chi connectivity index (χ1v) is 12.2. The monoisotopic (exact) mass is 553 g/mol. The molecule has 1 saturated heterocycles. The van der Waals surface area contributed by atoms with E-state index in [1.807, 2.05) is 18.9 Å². The Balaban J connectivity index is 1.54. The van der Waals surface area contributed by atoms with Gasteiger partial charge in [-0.3, -0.25) is 24.8 Å². The van der Waals surface area contributed by atoms with E-state index in [2.05, 4.69) is 35.5 Å². The molecule has 1 aliphatic rings. The van der Waals surface area contributed by atoms with E-state index in [1.165, 1.54) is 0 Å². The van der Waals surface area contributed by atoms with Gasteiger partial charge in [-0.15, -0.1) is 23.4 Å². The minimum Gasteiger partial charge on any atom is -0.403 e. The predicted molar refractivity (Wildman–Crippen MR) is 131 cm³/mol. The van der Waals surface area contributed by atoms with Gasteiger partial charge in [-0.1, -0.05) is 11.3 Å². The molecule has 3 aromatic rings. The lowest BCUT2D eigenvalue weighted by Crippen LogP contribution is -2.47. The molecule has 15 heteroatoms. The molecule has 0 spiro atoms. The number of piperazine rings is 1. The zero-order chi connectivity index (χ0) is 27.4. The fourth-order valence-corrected chi connectivity index (χ4v) is 4.48. The van der Waals surface area contributed by atoms with Gasteiger partial charge in [-0.2, -0.15) is 0 Å². The summed E-state index contributed by atoms with van der Waals surface area (Å²) in [6, 6.07) is 2.97. The Bertz CT molecular complexity index is 1330. The third kappa shape index (κ3) is 6.99. The van der Waals surface area contributed by atoms with Crippen LogP contribution in [0, 0.1) is 12.7 Å². The lowest BCUT2D eigenvalue weighted by molar-refractivity contribution is -0.274. The summed E-state index contributed by atoms with van der Waals surface area (Å²) in [4.78, 5) is 33.3. The van der Waals surface area contributed by atoms with Gasteiger partial charge < -0.3 is 15.0 Å². The van der Waals surface area contributed by atoms with Crippen molar-refractivity contribution < 1.29 is 31.9 Å². The minimum atomic E-state index is -5.15. The van der Waals surface area contributed by atoms with Gasteiger partial charge in [0.15, 0.2) is 10.8 Å². The van der Waals surface area contributed by atoms with Crippen LogP contribution in [0.15, 0.2) is 30.6 Å². The maximum absolute atomic E-state index is 14.8. The molecule has 2 amide bonds. The molecule has 202 valence electrons. The van der Waals surface area contributed by atoms with Crippen LogP contribution in [0.3, 0.4) is 0 Å². The molecule has 3 heterocycles. The summed E-state index contributed by atoms with van der Waals surface area (Å²) < 4.78 is 57.5. The number of carbonyl (C=O) groups excluding carboxylic acids is 2. The number of nitrogens with zero attached hydrogens (tertiary/aromatic N) is 5. The van der Waals surface area contributed by atoms with Crippen LogP contribution in [0.5, 0.6) is 5.75 Å². The molecule has 2 N–H and O–H groups in total. The highest BCUT2D eigenvalue weighted by Crippen LogP contribution is 2.34. The van der Waals surface area contributed by atoms with Crippen LogP contribution in [-0.2, 0) is 4.79 Å². The molecule has 4 rings (SSSR count). The maximum Gasteiger partial charge on any atom is 0.573 e. The summed E-state index contributed by atoms with van der Waals surface area (Å²) in [7, 11) is 1.94. The van der Waals surface area contributed by atoms with Crippen molar-refractivity contribution >= 4 is 34.0 Å². The number of likely N-dealkylation sites (N-methyl/N-ethyl adjacent to an activating group) is 1. The number of ether oxygens (including phenoxy) is 1. The predicted octanol–water partition coefficient (Wildman–Crippen LogP) is 3.38. The number of aromatic nitrogens is 3. The number of hydrogen-bond acceptors (Lipinski definition) is 9. The average Bonchev–Trinajstić information content (AvgIpc) is 3.29. The van der Waals surface area contributed by atoms with E-state index >= 15 is 0 Å². The number of pyridine rings is 1. The van der Waals surface area contributed by atoms with Crippen LogP contribution < -0.4 is 15.4 Å². The zero-order valence-corrected chi connectivity index (χ0v) is 21.1. The topological polar surface area (TPSA) is 113 Å². The van der Waals surface area contributed by atoms with E-state index < -0.39 is 41.0 Å². The fourth-order valence-electron chi connectivity index (χ4n) is 3.67. The van der Waals surface area contributed by atoms with Crippen LogP contribution in [-0.4, -0.2) is 82.9 Å². The van der Waals surface area contributed by atoms with Gasteiger partial charge in [0.05, 0.1) is 17.8 Å². The molecule has 1 aliphatic heterocycles. The SMILES string of the molecule is Cc1ccncc1-c1nnc(NC(=O)c2cc(NC(=O)CN3CCN(C)CC3)c(OC(F)(F)F)cc2F)s1. The van der Waals surface area contributed by atoms with Crippen molar-refractivity contribution in [3.05, 3.63) is 47.5 Å². The van der Waals surface area contributed by atoms with Gasteiger partial charge in [-0.25, -0.2) is 4.39 Å². The summed E-state index contributed by atoms with van der Waals surface area (Å²) in [5.41, 5.74) is 0.439. The lowest BCUT2D eigenvalue weighted by atomic mass is 10.1. The number of aryl methyl sites for hydroxylation is 1. The second-order valence-corrected chi connectivity index (χ2v) is 9.54.